The van der Waals surface area contributed by atoms with Gasteiger partial charge in [0.25, 0.3) is 0 Å². The molecule has 1 atom stereocenters. The molecule has 1 aliphatic rings. The number of carboxylic acids is 1. The van der Waals surface area contributed by atoms with Crippen molar-refractivity contribution >= 4 is 18.0 Å². The molecule has 3 N–H and O–H groups in total. The van der Waals surface area contributed by atoms with Gasteiger partial charge in [-0.15, -0.1) is 5.10 Å². The molecule has 1 heterocycles. The van der Waals surface area contributed by atoms with Crippen LogP contribution in [0.15, 0.2) is 54.7 Å². The van der Waals surface area contributed by atoms with E-state index in [1.807, 2.05) is 36.4 Å². The van der Waals surface area contributed by atoms with Gasteiger partial charge >= 0.3 is 12.1 Å². The molecule has 2 aromatic carbocycles. The summed E-state index contributed by atoms with van der Waals surface area (Å²) in [5.74, 6) is -1.55. The van der Waals surface area contributed by atoms with Crippen LogP contribution in [0.3, 0.4) is 0 Å². The van der Waals surface area contributed by atoms with E-state index in [0.29, 0.717) is 5.69 Å². The lowest BCUT2D eigenvalue weighted by molar-refractivity contribution is -0.138. The first-order chi connectivity index (χ1) is 15.9. The Morgan fingerprint density at radius 1 is 1.09 bits per heavy atom. The van der Waals surface area contributed by atoms with Crippen molar-refractivity contribution in [1.82, 2.24) is 25.6 Å². The first-order valence-corrected chi connectivity index (χ1v) is 10.4. The van der Waals surface area contributed by atoms with E-state index in [0.717, 1.165) is 26.9 Å². The number of hydrogen-bond donors (Lipinski definition) is 3. The summed E-state index contributed by atoms with van der Waals surface area (Å²) < 4.78 is 6.61. The largest absolute Gasteiger partial charge is 0.480 e. The fourth-order valence-corrected chi connectivity index (χ4v) is 3.85. The highest BCUT2D eigenvalue weighted by Crippen LogP contribution is 2.44. The number of hydrogen-bond acceptors (Lipinski definition) is 6. The zero-order valence-corrected chi connectivity index (χ0v) is 17.9. The van der Waals surface area contributed by atoms with Crippen molar-refractivity contribution < 1.29 is 24.2 Å². The predicted molar refractivity (Wildman–Crippen MR) is 117 cm³/mol. The minimum atomic E-state index is -1.04. The Bertz CT molecular complexity index is 1150. The standard InChI is InChI=1S/C23H23N5O5/c1-14(22(31)24-10-15-11-28(27-26-15)12-21(29)30)25-23(32)33-13-20-18-8-4-2-6-16(18)17-7-3-5-9-19(17)20/h2-9,11,14,20H,10,12-13H2,1H3,(H,24,31)(H,25,32)(H,29,30). The number of benzene rings is 2. The van der Waals surface area contributed by atoms with Crippen LogP contribution in [0.25, 0.3) is 11.1 Å². The lowest BCUT2D eigenvalue weighted by Crippen LogP contribution is -2.45. The first kappa shape index (κ1) is 22.0. The van der Waals surface area contributed by atoms with Crippen LogP contribution in [0.5, 0.6) is 0 Å². The van der Waals surface area contributed by atoms with Crippen molar-refractivity contribution in [3.05, 3.63) is 71.5 Å². The van der Waals surface area contributed by atoms with E-state index in [2.05, 4.69) is 33.1 Å². The summed E-state index contributed by atoms with van der Waals surface area (Å²) >= 11 is 0. The zero-order chi connectivity index (χ0) is 23.4. The Labute approximate surface area is 189 Å². The summed E-state index contributed by atoms with van der Waals surface area (Å²) in [6, 6.07) is 15.2. The molecule has 0 bridgehead atoms. The zero-order valence-electron chi connectivity index (χ0n) is 17.9. The van der Waals surface area contributed by atoms with Gasteiger partial charge in [0.05, 0.1) is 12.7 Å². The molecule has 0 saturated carbocycles. The van der Waals surface area contributed by atoms with Gasteiger partial charge in [-0.05, 0) is 29.2 Å². The molecular weight excluding hydrogens is 426 g/mol. The molecule has 3 aromatic rings. The lowest BCUT2D eigenvalue weighted by atomic mass is 9.98. The van der Waals surface area contributed by atoms with Gasteiger partial charge in [0.1, 0.15) is 24.9 Å². The SMILES string of the molecule is CC(NC(=O)OCC1c2ccccc2-c2ccccc21)C(=O)NCc1cn(CC(=O)O)nn1. The quantitative estimate of drug-likeness (QED) is 0.478. The van der Waals surface area contributed by atoms with Crippen molar-refractivity contribution in [3.8, 4) is 11.1 Å². The van der Waals surface area contributed by atoms with Crippen molar-refractivity contribution in [1.29, 1.82) is 0 Å². The highest BCUT2D eigenvalue weighted by Gasteiger charge is 2.29. The minimum absolute atomic E-state index is 0.0508. The topological polar surface area (TPSA) is 135 Å². The number of alkyl carbamates (subject to hydrolysis) is 1. The number of carboxylic acid groups (broad SMARTS) is 1. The molecule has 10 nitrogen and oxygen atoms in total. The highest BCUT2D eigenvalue weighted by atomic mass is 16.5. The summed E-state index contributed by atoms with van der Waals surface area (Å²) in [5.41, 5.74) is 4.88. The summed E-state index contributed by atoms with van der Waals surface area (Å²) in [5, 5.41) is 21.4. The number of fused-ring (bicyclic) bond motifs is 3. The third-order valence-corrected chi connectivity index (χ3v) is 5.40. The smallest absolute Gasteiger partial charge is 0.407 e. The number of nitrogens with zero attached hydrogens (tertiary/aromatic N) is 3. The Morgan fingerprint density at radius 3 is 2.36 bits per heavy atom. The van der Waals surface area contributed by atoms with Crippen molar-refractivity contribution in [2.24, 2.45) is 0 Å². The van der Waals surface area contributed by atoms with Gasteiger partial charge in [-0.3, -0.25) is 9.59 Å². The van der Waals surface area contributed by atoms with Crippen molar-refractivity contribution in [2.45, 2.75) is 32.0 Å². The van der Waals surface area contributed by atoms with Gasteiger partial charge in [0, 0.05) is 5.92 Å². The average molecular weight is 449 g/mol. The van der Waals surface area contributed by atoms with Gasteiger partial charge in [0.15, 0.2) is 0 Å². The predicted octanol–water partition coefficient (Wildman–Crippen LogP) is 1.91. The van der Waals surface area contributed by atoms with E-state index in [1.54, 1.807) is 0 Å². The molecule has 0 spiro atoms. The summed E-state index contributed by atoms with van der Waals surface area (Å²) in [6.07, 6.45) is 0.741. The van der Waals surface area contributed by atoms with Crippen molar-refractivity contribution in [3.63, 3.8) is 0 Å². The second-order valence-corrected chi connectivity index (χ2v) is 7.71. The summed E-state index contributed by atoms with van der Waals surface area (Å²) in [4.78, 5) is 35.3. The van der Waals surface area contributed by atoms with Crippen LogP contribution < -0.4 is 10.6 Å². The Kier molecular flexibility index (Phi) is 6.34. The van der Waals surface area contributed by atoms with E-state index in [-0.39, 0.29) is 25.6 Å². The minimum Gasteiger partial charge on any atom is -0.480 e. The number of ether oxygens (including phenoxy) is 1. The number of rotatable bonds is 8. The molecule has 0 saturated heterocycles. The molecule has 1 aliphatic carbocycles. The normalized spacial score (nSPS) is 13.0. The molecule has 0 fully saturated rings. The maximum atomic E-state index is 12.3. The van der Waals surface area contributed by atoms with Crippen LogP contribution in [0, 0.1) is 0 Å². The maximum Gasteiger partial charge on any atom is 0.407 e. The van der Waals surface area contributed by atoms with E-state index in [1.165, 1.54) is 13.1 Å². The fourth-order valence-electron chi connectivity index (χ4n) is 3.85. The second-order valence-electron chi connectivity index (χ2n) is 7.71. The molecular formula is C23H23N5O5. The van der Waals surface area contributed by atoms with Crippen LogP contribution >= 0.6 is 0 Å². The molecule has 1 unspecified atom stereocenters. The number of nitrogens with one attached hydrogen (secondary N) is 2. The lowest BCUT2D eigenvalue weighted by Gasteiger charge is -2.17. The molecule has 4 rings (SSSR count). The van der Waals surface area contributed by atoms with Crippen LogP contribution in [0.1, 0.15) is 29.7 Å². The Morgan fingerprint density at radius 2 is 1.73 bits per heavy atom. The molecule has 170 valence electrons. The van der Waals surface area contributed by atoms with Crippen LogP contribution in [0.2, 0.25) is 0 Å². The van der Waals surface area contributed by atoms with E-state index in [9.17, 15) is 14.4 Å². The Balaban J connectivity index is 1.28. The van der Waals surface area contributed by atoms with Gasteiger partial charge in [-0.1, -0.05) is 53.7 Å². The highest BCUT2D eigenvalue weighted by molar-refractivity contribution is 5.85. The number of aromatic nitrogens is 3. The third-order valence-electron chi connectivity index (χ3n) is 5.40. The monoisotopic (exact) mass is 449 g/mol. The number of carbonyl (C=O) groups is 3. The van der Waals surface area contributed by atoms with Crippen LogP contribution in [-0.4, -0.2) is 50.7 Å². The number of aliphatic carboxylic acids is 1. The molecule has 33 heavy (non-hydrogen) atoms. The van der Waals surface area contributed by atoms with E-state index >= 15 is 0 Å². The fraction of sp³-hybridized carbons (Fsp3) is 0.261. The van der Waals surface area contributed by atoms with Crippen molar-refractivity contribution in [2.75, 3.05) is 6.61 Å². The summed E-state index contributed by atoms with van der Waals surface area (Å²) in [7, 11) is 0. The molecule has 2 amide bonds. The van der Waals surface area contributed by atoms with Gasteiger partial charge in [0.2, 0.25) is 5.91 Å². The second kappa shape index (κ2) is 9.51. The Hall–Kier alpha value is -4.21. The van der Waals surface area contributed by atoms with Gasteiger partial charge < -0.3 is 20.5 Å². The van der Waals surface area contributed by atoms with Gasteiger partial charge in [-0.2, -0.15) is 0 Å². The number of amides is 2. The van der Waals surface area contributed by atoms with Gasteiger partial charge in [-0.25, -0.2) is 9.48 Å². The summed E-state index contributed by atoms with van der Waals surface area (Å²) in [6.45, 7) is 1.43. The van der Waals surface area contributed by atoms with Crippen LogP contribution in [0.4, 0.5) is 4.79 Å². The molecule has 0 aliphatic heterocycles. The third kappa shape index (κ3) is 5.00. The van der Waals surface area contributed by atoms with Crippen LogP contribution in [-0.2, 0) is 27.4 Å². The average Bonchev–Trinajstić information content (AvgIpc) is 3.37. The van der Waals surface area contributed by atoms with E-state index in [4.69, 9.17) is 9.84 Å². The first-order valence-electron chi connectivity index (χ1n) is 10.4. The maximum absolute atomic E-state index is 12.3. The van der Waals surface area contributed by atoms with E-state index < -0.39 is 24.0 Å². The number of carbonyl (C=O) groups excluding carboxylic acids is 2. The molecule has 1 aromatic heterocycles. The molecule has 10 heteroatoms. The molecule has 0 radical (unpaired) electrons.